The maximum absolute atomic E-state index is 5.39. The van der Waals surface area contributed by atoms with E-state index in [0.29, 0.717) is 13.2 Å². The van der Waals surface area contributed by atoms with Crippen molar-refractivity contribution in [3.05, 3.63) is 24.3 Å². The Morgan fingerprint density at radius 1 is 1.23 bits per heavy atom. The largest absolute Gasteiger partial charge is 0.494 e. The molecule has 0 amide bonds. The quantitative estimate of drug-likeness (QED) is 0.732. The van der Waals surface area contributed by atoms with Crippen molar-refractivity contribution < 1.29 is 9.47 Å². The Bertz CT molecular complexity index is 250. The summed E-state index contributed by atoms with van der Waals surface area (Å²) in [6.45, 7) is 3.26. The lowest BCUT2D eigenvalue weighted by Crippen LogP contribution is -1.98. The first-order valence-electron chi connectivity index (χ1n) is 4.33. The SMILES string of the molecule is CCOc1cccc(OCCS)c1. The summed E-state index contributed by atoms with van der Waals surface area (Å²) in [5, 5.41) is 0. The van der Waals surface area contributed by atoms with Crippen LogP contribution in [0, 0.1) is 0 Å². The van der Waals surface area contributed by atoms with Crippen molar-refractivity contribution in [2.45, 2.75) is 6.92 Å². The van der Waals surface area contributed by atoms with E-state index < -0.39 is 0 Å². The standard InChI is InChI=1S/C10H14O2S/c1-2-11-9-4-3-5-10(8-9)12-6-7-13/h3-5,8,13H,2,6-7H2,1H3. The molecular formula is C10H14O2S. The van der Waals surface area contributed by atoms with Crippen molar-refractivity contribution in [2.24, 2.45) is 0 Å². The zero-order valence-corrected chi connectivity index (χ0v) is 8.59. The van der Waals surface area contributed by atoms with Gasteiger partial charge in [0.05, 0.1) is 13.2 Å². The van der Waals surface area contributed by atoms with Gasteiger partial charge in [-0.3, -0.25) is 0 Å². The molecule has 72 valence electrons. The summed E-state index contributed by atoms with van der Waals surface area (Å²) in [6.07, 6.45) is 0. The van der Waals surface area contributed by atoms with Gasteiger partial charge in [0.15, 0.2) is 0 Å². The van der Waals surface area contributed by atoms with Gasteiger partial charge in [0.1, 0.15) is 11.5 Å². The summed E-state index contributed by atoms with van der Waals surface area (Å²) in [4.78, 5) is 0. The number of ether oxygens (including phenoxy) is 2. The second-order valence-corrected chi connectivity index (χ2v) is 2.93. The van der Waals surface area contributed by atoms with Gasteiger partial charge in [-0.2, -0.15) is 12.6 Å². The lowest BCUT2D eigenvalue weighted by atomic mass is 10.3. The third-order valence-corrected chi connectivity index (χ3v) is 1.66. The van der Waals surface area contributed by atoms with Crippen LogP contribution < -0.4 is 9.47 Å². The highest BCUT2D eigenvalue weighted by Gasteiger charge is 1.95. The zero-order chi connectivity index (χ0) is 9.52. The fourth-order valence-electron chi connectivity index (χ4n) is 0.984. The maximum atomic E-state index is 5.39. The number of rotatable bonds is 5. The molecule has 0 aliphatic carbocycles. The van der Waals surface area contributed by atoms with E-state index in [0.717, 1.165) is 17.3 Å². The molecule has 0 bridgehead atoms. The Morgan fingerprint density at radius 2 is 1.92 bits per heavy atom. The Kier molecular flexibility index (Phi) is 4.54. The fourth-order valence-corrected chi connectivity index (χ4v) is 1.08. The van der Waals surface area contributed by atoms with E-state index in [1.165, 1.54) is 0 Å². The molecule has 1 aromatic carbocycles. The Balaban J connectivity index is 2.56. The lowest BCUT2D eigenvalue weighted by molar-refractivity contribution is 0.325. The van der Waals surface area contributed by atoms with Crippen molar-refractivity contribution in [3.63, 3.8) is 0 Å². The second-order valence-electron chi connectivity index (χ2n) is 2.48. The number of benzene rings is 1. The summed E-state index contributed by atoms with van der Waals surface area (Å²) < 4.78 is 10.7. The topological polar surface area (TPSA) is 18.5 Å². The van der Waals surface area contributed by atoms with Gasteiger partial charge in [-0.05, 0) is 19.1 Å². The van der Waals surface area contributed by atoms with Gasteiger partial charge in [-0.1, -0.05) is 6.07 Å². The molecule has 0 aliphatic rings. The summed E-state index contributed by atoms with van der Waals surface area (Å²) >= 11 is 4.06. The molecule has 3 heteroatoms. The molecular weight excluding hydrogens is 184 g/mol. The monoisotopic (exact) mass is 198 g/mol. The molecule has 0 spiro atoms. The van der Waals surface area contributed by atoms with Crippen LogP contribution in [0.4, 0.5) is 0 Å². The average molecular weight is 198 g/mol. The van der Waals surface area contributed by atoms with Crippen LogP contribution in [-0.2, 0) is 0 Å². The van der Waals surface area contributed by atoms with E-state index in [-0.39, 0.29) is 0 Å². The first-order valence-corrected chi connectivity index (χ1v) is 4.96. The maximum Gasteiger partial charge on any atom is 0.123 e. The molecule has 0 saturated heterocycles. The smallest absolute Gasteiger partial charge is 0.123 e. The van der Waals surface area contributed by atoms with Crippen molar-refractivity contribution in [2.75, 3.05) is 19.0 Å². The summed E-state index contributed by atoms with van der Waals surface area (Å²) in [5.41, 5.74) is 0. The summed E-state index contributed by atoms with van der Waals surface area (Å²) in [6, 6.07) is 7.62. The van der Waals surface area contributed by atoms with Crippen LogP contribution in [0.3, 0.4) is 0 Å². The molecule has 0 saturated carbocycles. The predicted molar refractivity (Wildman–Crippen MR) is 57.0 cm³/mol. The third kappa shape index (κ3) is 3.59. The van der Waals surface area contributed by atoms with E-state index in [4.69, 9.17) is 9.47 Å². The molecule has 0 heterocycles. The van der Waals surface area contributed by atoms with Gasteiger partial charge in [0.2, 0.25) is 0 Å². The van der Waals surface area contributed by atoms with E-state index in [1.54, 1.807) is 0 Å². The molecule has 0 N–H and O–H groups in total. The van der Waals surface area contributed by atoms with Crippen molar-refractivity contribution in [1.29, 1.82) is 0 Å². The van der Waals surface area contributed by atoms with Gasteiger partial charge in [0, 0.05) is 11.8 Å². The number of hydrogen-bond donors (Lipinski definition) is 1. The molecule has 0 aliphatic heterocycles. The minimum absolute atomic E-state index is 0.624. The van der Waals surface area contributed by atoms with Crippen molar-refractivity contribution in [3.8, 4) is 11.5 Å². The minimum atomic E-state index is 0.624. The van der Waals surface area contributed by atoms with Gasteiger partial charge in [-0.15, -0.1) is 0 Å². The van der Waals surface area contributed by atoms with Gasteiger partial charge in [-0.25, -0.2) is 0 Å². The Hall–Kier alpha value is -0.830. The van der Waals surface area contributed by atoms with Crippen molar-refractivity contribution >= 4 is 12.6 Å². The Morgan fingerprint density at radius 3 is 2.54 bits per heavy atom. The fraction of sp³-hybridized carbons (Fsp3) is 0.400. The molecule has 0 atom stereocenters. The van der Waals surface area contributed by atoms with E-state index in [1.807, 2.05) is 31.2 Å². The van der Waals surface area contributed by atoms with Crippen LogP contribution in [0.5, 0.6) is 11.5 Å². The van der Waals surface area contributed by atoms with Crippen molar-refractivity contribution in [1.82, 2.24) is 0 Å². The van der Waals surface area contributed by atoms with Crippen LogP contribution >= 0.6 is 12.6 Å². The molecule has 0 unspecified atom stereocenters. The molecule has 0 radical (unpaired) electrons. The van der Waals surface area contributed by atoms with Crippen LogP contribution in [0.1, 0.15) is 6.92 Å². The predicted octanol–water partition coefficient (Wildman–Crippen LogP) is 2.39. The van der Waals surface area contributed by atoms with Gasteiger partial charge >= 0.3 is 0 Å². The van der Waals surface area contributed by atoms with E-state index in [9.17, 15) is 0 Å². The summed E-state index contributed by atoms with van der Waals surface area (Å²) in [5.74, 6) is 2.40. The molecule has 0 fully saturated rings. The highest BCUT2D eigenvalue weighted by molar-refractivity contribution is 7.80. The molecule has 13 heavy (non-hydrogen) atoms. The Labute approximate surface area is 84.3 Å². The number of thiol groups is 1. The molecule has 0 aromatic heterocycles. The van der Waals surface area contributed by atoms with Gasteiger partial charge in [0.25, 0.3) is 0 Å². The van der Waals surface area contributed by atoms with Crippen LogP contribution in [0.15, 0.2) is 24.3 Å². The van der Waals surface area contributed by atoms with Crippen LogP contribution in [0.2, 0.25) is 0 Å². The molecule has 2 nitrogen and oxygen atoms in total. The van der Waals surface area contributed by atoms with Crippen LogP contribution in [-0.4, -0.2) is 19.0 Å². The zero-order valence-electron chi connectivity index (χ0n) is 7.69. The normalized spacial score (nSPS) is 9.69. The third-order valence-electron chi connectivity index (χ3n) is 1.48. The molecule has 1 aromatic rings. The highest BCUT2D eigenvalue weighted by Crippen LogP contribution is 2.19. The second kappa shape index (κ2) is 5.75. The molecule has 1 rings (SSSR count). The first kappa shape index (κ1) is 10.3. The minimum Gasteiger partial charge on any atom is -0.494 e. The van der Waals surface area contributed by atoms with Gasteiger partial charge < -0.3 is 9.47 Å². The highest BCUT2D eigenvalue weighted by atomic mass is 32.1. The van der Waals surface area contributed by atoms with Crippen LogP contribution in [0.25, 0.3) is 0 Å². The first-order chi connectivity index (χ1) is 6.36. The summed E-state index contributed by atoms with van der Waals surface area (Å²) in [7, 11) is 0. The van der Waals surface area contributed by atoms with E-state index >= 15 is 0 Å². The lowest BCUT2D eigenvalue weighted by Gasteiger charge is -2.06. The number of hydrogen-bond acceptors (Lipinski definition) is 3. The average Bonchev–Trinajstić information content (AvgIpc) is 2.16. The van der Waals surface area contributed by atoms with E-state index in [2.05, 4.69) is 12.6 Å².